The van der Waals surface area contributed by atoms with Gasteiger partial charge in [0, 0.05) is 12.6 Å². The highest BCUT2D eigenvalue weighted by atomic mass is 16.5. The van der Waals surface area contributed by atoms with Crippen molar-refractivity contribution < 1.29 is 14.6 Å². The highest BCUT2D eigenvalue weighted by molar-refractivity contribution is 5.69. The Morgan fingerprint density at radius 1 is 1.60 bits per heavy atom. The van der Waals surface area contributed by atoms with Crippen molar-refractivity contribution in [3.8, 4) is 0 Å². The molecule has 0 spiro atoms. The molecular formula is C11H21NO3. The quantitative estimate of drug-likeness (QED) is 0.662. The Balaban J connectivity index is 2.15. The predicted octanol–water partition coefficient (Wildman–Crippen LogP) is 0.689. The molecule has 0 aromatic rings. The number of carbonyl (C=O) groups is 1. The number of rotatable bonds is 5. The van der Waals surface area contributed by atoms with Gasteiger partial charge in [-0.2, -0.15) is 0 Å². The van der Waals surface area contributed by atoms with Gasteiger partial charge in [0.05, 0.1) is 19.6 Å². The van der Waals surface area contributed by atoms with Gasteiger partial charge in [0.1, 0.15) is 0 Å². The number of aliphatic hydroxyl groups is 1. The largest absolute Gasteiger partial charge is 0.469 e. The van der Waals surface area contributed by atoms with Crippen LogP contribution in [0.3, 0.4) is 0 Å². The van der Waals surface area contributed by atoms with Crippen LogP contribution >= 0.6 is 0 Å². The highest BCUT2D eigenvalue weighted by Crippen LogP contribution is 2.24. The summed E-state index contributed by atoms with van der Waals surface area (Å²) < 4.78 is 4.59. The number of carbonyl (C=O) groups excluding carboxylic acids is 1. The predicted molar refractivity (Wildman–Crippen MR) is 57.4 cm³/mol. The molecule has 0 heterocycles. The van der Waals surface area contributed by atoms with E-state index >= 15 is 0 Å². The lowest BCUT2D eigenvalue weighted by Gasteiger charge is -2.18. The molecule has 0 aromatic carbocycles. The molecule has 1 aliphatic rings. The average molecular weight is 215 g/mol. The van der Waals surface area contributed by atoms with Crippen LogP contribution in [0.2, 0.25) is 0 Å². The molecule has 1 rings (SSSR count). The summed E-state index contributed by atoms with van der Waals surface area (Å²) in [5.74, 6) is 0.159. The fourth-order valence-electron chi connectivity index (χ4n) is 2.01. The fraction of sp³-hybridized carbons (Fsp3) is 0.909. The first-order chi connectivity index (χ1) is 7.13. The SMILES string of the molecule is COC(=O)CC(C)NCC1CCCC1O. The monoisotopic (exact) mass is 215 g/mol. The molecule has 1 fully saturated rings. The minimum absolute atomic E-state index is 0.116. The normalized spacial score (nSPS) is 27.7. The Morgan fingerprint density at radius 3 is 2.87 bits per heavy atom. The van der Waals surface area contributed by atoms with Crippen molar-refractivity contribution in [1.82, 2.24) is 5.32 Å². The van der Waals surface area contributed by atoms with Crippen molar-refractivity contribution in [2.45, 2.75) is 44.8 Å². The molecule has 3 atom stereocenters. The maximum Gasteiger partial charge on any atom is 0.307 e. The Hall–Kier alpha value is -0.610. The van der Waals surface area contributed by atoms with Crippen LogP contribution in [-0.2, 0) is 9.53 Å². The van der Waals surface area contributed by atoms with Crippen molar-refractivity contribution >= 4 is 5.97 Å². The molecule has 0 aromatic heterocycles. The van der Waals surface area contributed by atoms with E-state index in [2.05, 4.69) is 10.1 Å². The smallest absolute Gasteiger partial charge is 0.307 e. The van der Waals surface area contributed by atoms with Crippen LogP contribution in [0.15, 0.2) is 0 Å². The molecule has 88 valence electrons. The summed E-state index contributed by atoms with van der Waals surface area (Å²) in [4.78, 5) is 11.0. The van der Waals surface area contributed by atoms with Gasteiger partial charge < -0.3 is 15.2 Å². The lowest BCUT2D eigenvalue weighted by atomic mass is 10.1. The number of hydrogen-bond donors (Lipinski definition) is 2. The highest BCUT2D eigenvalue weighted by Gasteiger charge is 2.25. The fourth-order valence-corrected chi connectivity index (χ4v) is 2.01. The first-order valence-electron chi connectivity index (χ1n) is 5.61. The Morgan fingerprint density at radius 2 is 2.33 bits per heavy atom. The van der Waals surface area contributed by atoms with Gasteiger partial charge in [0.15, 0.2) is 0 Å². The summed E-state index contributed by atoms with van der Waals surface area (Å²) in [6.45, 7) is 2.75. The maximum atomic E-state index is 11.0. The maximum absolute atomic E-state index is 11.0. The van der Waals surface area contributed by atoms with Gasteiger partial charge in [-0.05, 0) is 25.7 Å². The zero-order valence-electron chi connectivity index (χ0n) is 9.53. The van der Waals surface area contributed by atoms with E-state index < -0.39 is 0 Å². The molecule has 1 saturated carbocycles. The second-order valence-electron chi connectivity index (χ2n) is 4.35. The molecule has 15 heavy (non-hydrogen) atoms. The van der Waals surface area contributed by atoms with E-state index in [-0.39, 0.29) is 18.1 Å². The summed E-state index contributed by atoms with van der Waals surface area (Å²) in [6, 6.07) is 0.116. The molecular weight excluding hydrogens is 194 g/mol. The average Bonchev–Trinajstić information content (AvgIpc) is 2.61. The summed E-state index contributed by atoms with van der Waals surface area (Å²) in [7, 11) is 1.40. The summed E-state index contributed by atoms with van der Waals surface area (Å²) >= 11 is 0. The van der Waals surface area contributed by atoms with Crippen molar-refractivity contribution in [2.75, 3.05) is 13.7 Å². The molecule has 4 heteroatoms. The molecule has 2 N–H and O–H groups in total. The zero-order chi connectivity index (χ0) is 11.3. The van der Waals surface area contributed by atoms with Crippen molar-refractivity contribution in [1.29, 1.82) is 0 Å². The number of hydrogen-bond acceptors (Lipinski definition) is 4. The van der Waals surface area contributed by atoms with Crippen molar-refractivity contribution in [3.63, 3.8) is 0 Å². The van der Waals surface area contributed by atoms with Gasteiger partial charge in [0.25, 0.3) is 0 Å². The second-order valence-corrected chi connectivity index (χ2v) is 4.35. The summed E-state index contributed by atoms with van der Waals surface area (Å²) in [6.07, 6.45) is 3.33. The number of esters is 1. The summed E-state index contributed by atoms with van der Waals surface area (Å²) in [5.41, 5.74) is 0. The standard InChI is InChI=1S/C11H21NO3/c1-8(6-11(14)15-2)12-7-9-4-3-5-10(9)13/h8-10,12-13H,3-7H2,1-2H3. The number of aliphatic hydroxyl groups excluding tert-OH is 1. The first-order valence-corrected chi connectivity index (χ1v) is 5.61. The van der Waals surface area contributed by atoms with E-state index in [4.69, 9.17) is 0 Å². The van der Waals surface area contributed by atoms with Gasteiger partial charge in [-0.3, -0.25) is 4.79 Å². The van der Waals surface area contributed by atoms with Gasteiger partial charge in [-0.25, -0.2) is 0 Å². The Bertz CT molecular complexity index is 208. The van der Waals surface area contributed by atoms with Crippen LogP contribution in [0, 0.1) is 5.92 Å². The number of methoxy groups -OCH3 is 1. The Labute approximate surface area is 91.0 Å². The number of nitrogens with one attached hydrogen (secondary N) is 1. The van der Waals surface area contributed by atoms with Crippen LogP contribution in [0.5, 0.6) is 0 Å². The third kappa shape index (κ3) is 4.18. The van der Waals surface area contributed by atoms with E-state index in [1.807, 2.05) is 6.92 Å². The lowest BCUT2D eigenvalue weighted by molar-refractivity contribution is -0.141. The molecule has 0 bridgehead atoms. The van der Waals surface area contributed by atoms with Crippen molar-refractivity contribution in [2.24, 2.45) is 5.92 Å². The molecule has 0 saturated heterocycles. The van der Waals surface area contributed by atoms with E-state index in [9.17, 15) is 9.90 Å². The molecule has 1 aliphatic carbocycles. The minimum atomic E-state index is -0.193. The molecule has 4 nitrogen and oxygen atoms in total. The molecule has 3 unspecified atom stereocenters. The minimum Gasteiger partial charge on any atom is -0.469 e. The molecule has 0 amide bonds. The first kappa shape index (κ1) is 12.5. The van der Waals surface area contributed by atoms with Gasteiger partial charge >= 0.3 is 5.97 Å². The molecule has 0 radical (unpaired) electrons. The van der Waals surface area contributed by atoms with E-state index in [1.54, 1.807) is 0 Å². The van der Waals surface area contributed by atoms with Crippen LogP contribution in [0.1, 0.15) is 32.6 Å². The topological polar surface area (TPSA) is 58.6 Å². The molecule has 0 aliphatic heterocycles. The third-order valence-electron chi connectivity index (χ3n) is 3.05. The van der Waals surface area contributed by atoms with Crippen LogP contribution < -0.4 is 5.32 Å². The third-order valence-corrected chi connectivity index (χ3v) is 3.05. The van der Waals surface area contributed by atoms with Gasteiger partial charge in [0.2, 0.25) is 0 Å². The van der Waals surface area contributed by atoms with Crippen LogP contribution in [-0.4, -0.2) is 36.9 Å². The zero-order valence-corrected chi connectivity index (χ0v) is 9.53. The lowest BCUT2D eigenvalue weighted by Crippen LogP contribution is -2.35. The second kappa shape index (κ2) is 6.08. The van der Waals surface area contributed by atoms with E-state index in [0.717, 1.165) is 25.8 Å². The van der Waals surface area contributed by atoms with E-state index in [1.165, 1.54) is 7.11 Å². The Kier molecular flexibility index (Phi) is 5.05. The van der Waals surface area contributed by atoms with Crippen molar-refractivity contribution in [3.05, 3.63) is 0 Å². The summed E-state index contributed by atoms with van der Waals surface area (Å²) in [5, 5.41) is 12.9. The van der Waals surface area contributed by atoms with E-state index in [0.29, 0.717) is 12.3 Å². The van der Waals surface area contributed by atoms with Crippen LogP contribution in [0.4, 0.5) is 0 Å². The van der Waals surface area contributed by atoms with Gasteiger partial charge in [-0.1, -0.05) is 6.42 Å². The van der Waals surface area contributed by atoms with Gasteiger partial charge in [-0.15, -0.1) is 0 Å². The van der Waals surface area contributed by atoms with Crippen LogP contribution in [0.25, 0.3) is 0 Å². The number of ether oxygens (including phenoxy) is 1.